The van der Waals surface area contributed by atoms with Crippen LogP contribution in [0.25, 0.3) is 15.9 Å². The molecule has 2 N–H and O–H groups in total. The van der Waals surface area contributed by atoms with Gasteiger partial charge in [-0.2, -0.15) is 5.10 Å². The number of thioether (sulfide) groups is 1. The molecule has 4 nitrogen and oxygen atoms in total. The Balaban J connectivity index is 1.60. The van der Waals surface area contributed by atoms with Crippen LogP contribution in [-0.2, 0) is 0 Å². The normalized spacial score (nSPS) is 14.0. The van der Waals surface area contributed by atoms with E-state index < -0.39 is 0 Å². The molecule has 4 rings (SSSR count). The molecule has 0 saturated heterocycles. The first-order chi connectivity index (χ1) is 13.4. The number of nitrogens with one attached hydrogen (secondary N) is 1. The molecular weight excluding hydrogens is 460 g/mol. The molecule has 0 unspecified atom stereocenters. The van der Waals surface area contributed by atoms with Crippen LogP contribution in [0.3, 0.4) is 0 Å². The quantitative estimate of drug-likeness (QED) is 0.318. The number of halogens is 4. The van der Waals surface area contributed by atoms with Crippen molar-refractivity contribution in [2.45, 2.75) is 4.90 Å². The summed E-state index contributed by atoms with van der Waals surface area (Å²) in [5, 5.41) is 16.7. The van der Waals surface area contributed by atoms with Crippen LogP contribution < -0.4 is 5.43 Å². The summed E-state index contributed by atoms with van der Waals surface area (Å²) in [6.07, 6.45) is 1.65. The molecule has 0 atom stereocenters. The Morgan fingerprint density at radius 3 is 2.71 bits per heavy atom. The van der Waals surface area contributed by atoms with Crippen LogP contribution in [0.15, 0.2) is 52.0 Å². The van der Waals surface area contributed by atoms with Crippen LogP contribution in [0.1, 0.15) is 5.56 Å². The lowest BCUT2D eigenvalue weighted by Crippen LogP contribution is -2.02. The largest absolute Gasteiger partial charge is 0.504 e. The number of phenolic OH excluding ortho intramolecular Hbond substituents is 1. The van der Waals surface area contributed by atoms with Gasteiger partial charge < -0.3 is 5.11 Å². The van der Waals surface area contributed by atoms with Crippen LogP contribution in [-0.4, -0.2) is 22.1 Å². The van der Waals surface area contributed by atoms with Crippen LogP contribution >= 0.6 is 58.2 Å². The van der Waals surface area contributed by atoms with Gasteiger partial charge in [-0.1, -0.05) is 46.4 Å². The van der Waals surface area contributed by atoms with E-state index in [2.05, 4.69) is 15.5 Å². The number of hydrazone groups is 1. The van der Waals surface area contributed by atoms with E-state index in [0.717, 1.165) is 16.0 Å². The zero-order valence-electron chi connectivity index (χ0n) is 14.0. The molecule has 2 heterocycles. The lowest BCUT2D eigenvalue weighted by molar-refractivity contribution is 0.480. The summed E-state index contributed by atoms with van der Waals surface area (Å²) in [4.78, 5) is 5.41. The first kappa shape index (κ1) is 19.7. The molecule has 0 saturated carbocycles. The number of benzene rings is 2. The highest BCUT2D eigenvalue weighted by molar-refractivity contribution is 7.99. The molecular formula is C19H11Cl4N3OS. The van der Waals surface area contributed by atoms with Crippen LogP contribution in [0.2, 0.25) is 15.1 Å². The maximum atomic E-state index is 10.1. The third-order valence-corrected chi connectivity index (χ3v) is 6.50. The van der Waals surface area contributed by atoms with Gasteiger partial charge in [-0.3, -0.25) is 5.43 Å². The van der Waals surface area contributed by atoms with Crippen molar-refractivity contribution >= 4 is 86.1 Å². The fourth-order valence-electron chi connectivity index (χ4n) is 2.73. The number of phenols is 1. The summed E-state index contributed by atoms with van der Waals surface area (Å²) in [5.74, 6) is 0.994. The molecule has 3 aromatic rings. The predicted molar refractivity (Wildman–Crippen MR) is 120 cm³/mol. The van der Waals surface area contributed by atoms with Gasteiger partial charge in [0.05, 0.1) is 21.3 Å². The summed E-state index contributed by atoms with van der Waals surface area (Å²) < 4.78 is 0. The zero-order valence-corrected chi connectivity index (χ0v) is 17.9. The van der Waals surface area contributed by atoms with Crippen molar-refractivity contribution in [2.24, 2.45) is 5.10 Å². The highest BCUT2D eigenvalue weighted by Gasteiger charge is 2.17. The summed E-state index contributed by atoms with van der Waals surface area (Å²) >= 11 is 26.4. The van der Waals surface area contributed by atoms with E-state index in [-0.39, 0.29) is 10.8 Å². The maximum Gasteiger partial charge on any atom is 0.160 e. The van der Waals surface area contributed by atoms with E-state index in [1.807, 2.05) is 18.2 Å². The number of aromatic hydroxyl groups is 1. The molecule has 0 amide bonds. The highest BCUT2D eigenvalue weighted by atomic mass is 35.5. The SMILES string of the molecule is Oc1c(Cl)cc(Cl)c2ccc(N/N=C\C3=C(Cl)c4cc(Cl)ccc4SC3)nc12. The van der Waals surface area contributed by atoms with Crippen molar-refractivity contribution in [1.82, 2.24) is 4.98 Å². The van der Waals surface area contributed by atoms with Crippen molar-refractivity contribution in [1.29, 1.82) is 0 Å². The van der Waals surface area contributed by atoms with Crippen molar-refractivity contribution < 1.29 is 5.11 Å². The number of nitrogens with zero attached hydrogens (tertiary/aromatic N) is 2. The number of aromatic nitrogens is 1. The molecule has 142 valence electrons. The van der Waals surface area contributed by atoms with Gasteiger partial charge in [-0.25, -0.2) is 4.98 Å². The van der Waals surface area contributed by atoms with E-state index in [9.17, 15) is 5.11 Å². The van der Waals surface area contributed by atoms with Gasteiger partial charge in [0.25, 0.3) is 0 Å². The summed E-state index contributed by atoms with van der Waals surface area (Å²) in [6, 6.07) is 10.6. The maximum absolute atomic E-state index is 10.1. The molecule has 1 aliphatic rings. The van der Waals surface area contributed by atoms with Gasteiger partial charge in [0, 0.05) is 32.2 Å². The van der Waals surface area contributed by atoms with Gasteiger partial charge in [0.1, 0.15) is 11.3 Å². The van der Waals surface area contributed by atoms with Crippen molar-refractivity contribution in [3.05, 3.63) is 62.6 Å². The Labute approximate surface area is 185 Å². The molecule has 0 aliphatic carbocycles. The summed E-state index contributed by atoms with van der Waals surface area (Å²) in [7, 11) is 0. The van der Waals surface area contributed by atoms with E-state index in [1.165, 1.54) is 6.07 Å². The Hall–Kier alpha value is -1.63. The second-order valence-corrected chi connectivity index (χ2v) is 8.57. The van der Waals surface area contributed by atoms with E-state index in [1.54, 1.807) is 30.1 Å². The number of rotatable bonds is 3. The van der Waals surface area contributed by atoms with Gasteiger partial charge in [-0.05, 0) is 36.4 Å². The second-order valence-electron chi connectivity index (χ2n) is 5.92. The van der Waals surface area contributed by atoms with Crippen LogP contribution in [0.4, 0.5) is 5.82 Å². The third kappa shape index (κ3) is 3.78. The average Bonchev–Trinajstić information content (AvgIpc) is 2.68. The number of pyridine rings is 1. The fourth-order valence-corrected chi connectivity index (χ4v) is 4.83. The molecule has 28 heavy (non-hydrogen) atoms. The monoisotopic (exact) mass is 469 g/mol. The summed E-state index contributed by atoms with van der Waals surface area (Å²) in [6.45, 7) is 0. The minimum absolute atomic E-state index is 0.128. The molecule has 0 bridgehead atoms. The van der Waals surface area contributed by atoms with Gasteiger partial charge in [0.2, 0.25) is 0 Å². The average molecular weight is 471 g/mol. The molecule has 0 fully saturated rings. The van der Waals surface area contributed by atoms with E-state index in [4.69, 9.17) is 46.4 Å². The van der Waals surface area contributed by atoms with E-state index in [0.29, 0.717) is 37.6 Å². The molecule has 0 spiro atoms. The van der Waals surface area contributed by atoms with E-state index >= 15 is 0 Å². The molecule has 1 aromatic heterocycles. The zero-order chi connectivity index (χ0) is 19.8. The van der Waals surface area contributed by atoms with Crippen molar-refractivity contribution in [2.75, 3.05) is 11.2 Å². The van der Waals surface area contributed by atoms with Gasteiger partial charge in [0.15, 0.2) is 5.75 Å². The Bertz CT molecular complexity index is 1160. The second kappa shape index (κ2) is 8.01. The first-order valence-electron chi connectivity index (χ1n) is 8.02. The minimum atomic E-state index is -0.128. The van der Waals surface area contributed by atoms with Crippen LogP contribution in [0.5, 0.6) is 5.75 Å². The molecule has 1 aliphatic heterocycles. The van der Waals surface area contributed by atoms with Gasteiger partial charge >= 0.3 is 0 Å². The standard InChI is InChI=1S/C19H11Cl4N3OS/c20-10-1-3-15-12(5-10)17(23)9(8-28-15)7-24-26-16-4-2-11-13(21)6-14(22)19(27)18(11)25-16/h1-7,27H,8H2,(H,25,26)/b24-7-. The topological polar surface area (TPSA) is 57.5 Å². The number of hydrogen-bond acceptors (Lipinski definition) is 5. The van der Waals surface area contributed by atoms with Gasteiger partial charge in [-0.15, -0.1) is 11.8 Å². The Morgan fingerprint density at radius 2 is 1.89 bits per heavy atom. The van der Waals surface area contributed by atoms with Crippen molar-refractivity contribution in [3.63, 3.8) is 0 Å². The third-order valence-electron chi connectivity index (χ3n) is 4.10. The molecule has 2 aromatic carbocycles. The number of fused-ring (bicyclic) bond motifs is 2. The smallest absolute Gasteiger partial charge is 0.160 e. The highest BCUT2D eigenvalue weighted by Crippen LogP contribution is 2.40. The van der Waals surface area contributed by atoms with Crippen LogP contribution in [0, 0.1) is 0 Å². The minimum Gasteiger partial charge on any atom is -0.504 e. The Kier molecular flexibility index (Phi) is 5.63. The fraction of sp³-hybridized carbons (Fsp3) is 0.0526. The Morgan fingerprint density at radius 1 is 1.07 bits per heavy atom. The van der Waals surface area contributed by atoms with Crippen molar-refractivity contribution in [3.8, 4) is 5.75 Å². The predicted octanol–water partition coefficient (Wildman–Crippen LogP) is 7.05. The number of hydrogen-bond donors (Lipinski definition) is 2. The lowest BCUT2D eigenvalue weighted by atomic mass is 10.1. The lowest BCUT2D eigenvalue weighted by Gasteiger charge is -2.17. The summed E-state index contributed by atoms with van der Waals surface area (Å²) in [5.41, 5.74) is 4.89. The number of anilines is 1. The molecule has 9 heteroatoms. The molecule has 0 radical (unpaired) electrons. The first-order valence-corrected chi connectivity index (χ1v) is 10.5.